The third-order valence-electron chi connectivity index (χ3n) is 10.1. The monoisotopic (exact) mass is 827 g/mol. The third kappa shape index (κ3) is 9.10. The van der Waals surface area contributed by atoms with E-state index in [9.17, 15) is 22.8 Å². The Balaban J connectivity index is 1.27. The van der Waals surface area contributed by atoms with Crippen LogP contribution in [0.3, 0.4) is 0 Å². The first-order chi connectivity index (χ1) is 29.0. The lowest BCUT2D eigenvalue weighted by molar-refractivity contribution is -0.137. The number of amides is 2. The molecule has 0 spiro atoms. The first-order valence-electron chi connectivity index (χ1n) is 18.9. The van der Waals surface area contributed by atoms with Crippen molar-refractivity contribution in [3.8, 4) is 22.8 Å². The van der Waals surface area contributed by atoms with E-state index >= 15 is 4.39 Å². The molecule has 1 aliphatic heterocycles. The molecule has 1 atom stereocenters. The van der Waals surface area contributed by atoms with Crippen LogP contribution in [0.25, 0.3) is 16.8 Å². The summed E-state index contributed by atoms with van der Waals surface area (Å²) in [4.78, 5) is 41.8. The lowest BCUT2D eigenvalue weighted by atomic mass is 9.97. The molecule has 0 bridgehead atoms. The summed E-state index contributed by atoms with van der Waals surface area (Å²) < 4.78 is 80.5. The normalized spacial score (nSPS) is 14.2. The van der Waals surface area contributed by atoms with Crippen LogP contribution >= 0.6 is 0 Å². The smallest absolute Gasteiger partial charge is 0.416 e. The van der Waals surface area contributed by atoms with Gasteiger partial charge in [0.05, 0.1) is 38.3 Å². The second-order valence-corrected chi connectivity index (χ2v) is 14.0. The van der Waals surface area contributed by atoms with Crippen LogP contribution in [0.5, 0.6) is 11.5 Å². The van der Waals surface area contributed by atoms with Gasteiger partial charge < -0.3 is 34.5 Å². The van der Waals surface area contributed by atoms with E-state index < -0.39 is 29.6 Å². The second kappa shape index (κ2) is 18.0. The molecular weight excluding hydrogens is 787 g/mol. The quantitative estimate of drug-likeness (QED) is 0.109. The molecule has 1 saturated heterocycles. The molecule has 1 fully saturated rings. The maximum Gasteiger partial charge on any atom is 0.416 e. The summed E-state index contributed by atoms with van der Waals surface area (Å²) >= 11 is 0. The summed E-state index contributed by atoms with van der Waals surface area (Å²) in [5.74, 6) is -0.354. The third-order valence-corrected chi connectivity index (χ3v) is 10.1. The van der Waals surface area contributed by atoms with E-state index in [4.69, 9.17) is 28.9 Å². The molecule has 2 amide bonds. The van der Waals surface area contributed by atoms with Crippen molar-refractivity contribution in [2.75, 3.05) is 45.1 Å². The Kier molecular flexibility index (Phi) is 12.4. The van der Waals surface area contributed by atoms with E-state index in [1.807, 2.05) is 40.8 Å². The number of nitrogens with zero attached hydrogens (tertiary/aromatic N) is 5. The Hall–Kier alpha value is -6.75. The molecule has 0 saturated carbocycles. The number of fused-ring (bicyclic) bond motifs is 1. The zero-order valence-corrected chi connectivity index (χ0v) is 32.9. The first kappa shape index (κ1) is 41.4. The largest absolute Gasteiger partial charge is 0.497 e. The van der Waals surface area contributed by atoms with Gasteiger partial charge in [0.25, 0.3) is 5.91 Å². The highest BCUT2D eigenvalue weighted by Crippen LogP contribution is 2.38. The number of anilines is 2. The summed E-state index contributed by atoms with van der Waals surface area (Å²) in [6.07, 6.45) is -1.28. The van der Waals surface area contributed by atoms with Crippen molar-refractivity contribution < 1.29 is 46.1 Å². The van der Waals surface area contributed by atoms with Crippen LogP contribution in [0, 0.1) is 5.82 Å². The fourth-order valence-corrected chi connectivity index (χ4v) is 7.10. The Labute approximate surface area is 342 Å². The van der Waals surface area contributed by atoms with E-state index in [0.29, 0.717) is 59.8 Å². The van der Waals surface area contributed by atoms with Gasteiger partial charge >= 0.3 is 12.3 Å². The molecule has 4 heterocycles. The summed E-state index contributed by atoms with van der Waals surface area (Å²) in [7, 11) is 4.64. The van der Waals surface area contributed by atoms with Gasteiger partial charge in [-0.1, -0.05) is 30.3 Å². The number of ether oxygens (including phenoxy) is 4. The molecule has 17 heteroatoms. The number of carbonyl (C=O) groups excluding carboxylic acids is 2. The molecular formula is C43H41F4N7O6. The van der Waals surface area contributed by atoms with Gasteiger partial charge in [-0.05, 0) is 60.9 Å². The SMILES string of the molecule is COCc1cnc(NCc2ccc(OC)cc2OC)c2c(-c3ccc(C(=O)Nc4cc(C(F)(F)F)ccn4)cc3F)nc([C@@H]3CCCN(C(=O)OCc4ccccc4)C3)n12. The zero-order valence-electron chi connectivity index (χ0n) is 32.9. The Morgan fingerprint density at radius 1 is 0.933 bits per heavy atom. The van der Waals surface area contributed by atoms with Gasteiger partial charge in [-0.15, -0.1) is 0 Å². The number of piperidine rings is 1. The van der Waals surface area contributed by atoms with Crippen molar-refractivity contribution in [2.24, 2.45) is 0 Å². The van der Waals surface area contributed by atoms with E-state index in [2.05, 4.69) is 15.6 Å². The number of pyridine rings is 1. The van der Waals surface area contributed by atoms with Crippen LogP contribution in [0.15, 0.2) is 91.3 Å². The Morgan fingerprint density at radius 3 is 2.48 bits per heavy atom. The molecule has 60 heavy (non-hydrogen) atoms. The van der Waals surface area contributed by atoms with E-state index in [1.54, 1.807) is 37.4 Å². The van der Waals surface area contributed by atoms with Gasteiger partial charge in [0, 0.05) is 61.6 Å². The minimum atomic E-state index is -4.66. The van der Waals surface area contributed by atoms with Crippen LogP contribution < -0.4 is 20.1 Å². The average molecular weight is 828 g/mol. The Bertz CT molecular complexity index is 2500. The molecule has 312 valence electrons. The van der Waals surface area contributed by atoms with Crippen molar-refractivity contribution >= 4 is 29.2 Å². The average Bonchev–Trinajstić information content (AvgIpc) is 3.66. The summed E-state index contributed by atoms with van der Waals surface area (Å²) in [6, 6.07) is 19.9. The maximum absolute atomic E-state index is 16.5. The van der Waals surface area contributed by atoms with E-state index in [1.165, 1.54) is 19.2 Å². The maximum atomic E-state index is 16.5. The highest BCUT2D eigenvalue weighted by Gasteiger charge is 2.33. The van der Waals surface area contributed by atoms with Gasteiger partial charge in [0.2, 0.25) is 0 Å². The molecule has 0 unspecified atom stereocenters. The van der Waals surface area contributed by atoms with Crippen LogP contribution in [0.2, 0.25) is 0 Å². The van der Waals surface area contributed by atoms with Gasteiger partial charge in [-0.3, -0.25) is 9.20 Å². The molecule has 2 N–H and O–H groups in total. The van der Waals surface area contributed by atoms with Crippen molar-refractivity contribution in [3.63, 3.8) is 0 Å². The van der Waals surface area contributed by atoms with Crippen LogP contribution in [-0.2, 0) is 35.4 Å². The van der Waals surface area contributed by atoms with Crippen molar-refractivity contribution in [3.05, 3.63) is 131 Å². The standard InChI is InChI=1S/C43H41F4N7O6/c1-57-25-31-22-50-39(49-21-28-11-13-32(58-2)20-35(28)59-3)38-37(33-14-12-27(18-34(33)44)41(55)51-36-19-30(15-16-48-36)43(45,46)47)52-40(54(31)38)29-10-7-17-53(23-29)42(56)60-24-26-8-5-4-6-9-26/h4-6,8-9,11-16,18-20,22,29H,7,10,17,21,23-25H2,1-3H3,(H,49,50)(H,48,51,55)/t29-/m1/s1. The molecule has 6 aromatic rings. The van der Waals surface area contributed by atoms with Gasteiger partial charge in [-0.2, -0.15) is 13.2 Å². The first-order valence-corrected chi connectivity index (χ1v) is 18.9. The van der Waals surface area contributed by atoms with Gasteiger partial charge in [-0.25, -0.2) is 24.1 Å². The molecule has 0 aliphatic carbocycles. The predicted octanol–water partition coefficient (Wildman–Crippen LogP) is 8.49. The number of benzene rings is 3. The van der Waals surface area contributed by atoms with Crippen molar-refractivity contribution in [1.82, 2.24) is 24.3 Å². The number of rotatable bonds is 13. The number of carbonyl (C=O) groups is 2. The number of methoxy groups -OCH3 is 3. The van der Waals surface area contributed by atoms with Crippen molar-refractivity contribution in [2.45, 2.75) is 44.7 Å². The molecule has 3 aromatic carbocycles. The number of likely N-dealkylation sites (tertiary alicyclic amines) is 1. The minimum Gasteiger partial charge on any atom is -0.497 e. The minimum absolute atomic E-state index is 0.0175. The summed E-state index contributed by atoms with van der Waals surface area (Å²) in [6.45, 7) is 1.18. The van der Waals surface area contributed by atoms with Gasteiger partial charge in [0.1, 0.15) is 46.8 Å². The molecule has 7 rings (SSSR count). The number of hydrogen-bond acceptors (Lipinski definition) is 10. The highest BCUT2D eigenvalue weighted by atomic mass is 19.4. The lowest BCUT2D eigenvalue weighted by Gasteiger charge is -2.31. The summed E-state index contributed by atoms with van der Waals surface area (Å²) in [5, 5.41) is 5.68. The number of halogens is 4. The molecule has 1 aliphatic rings. The molecule has 3 aromatic heterocycles. The van der Waals surface area contributed by atoms with E-state index in [-0.39, 0.29) is 54.9 Å². The number of hydrogen-bond donors (Lipinski definition) is 2. The number of imidazole rings is 1. The Morgan fingerprint density at radius 2 is 1.75 bits per heavy atom. The predicted molar refractivity (Wildman–Crippen MR) is 213 cm³/mol. The van der Waals surface area contributed by atoms with Crippen LogP contribution in [0.4, 0.5) is 34.0 Å². The molecule has 0 radical (unpaired) electrons. The fraction of sp³-hybridized carbons (Fsp3) is 0.279. The summed E-state index contributed by atoms with van der Waals surface area (Å²) in [5.41, 5.74) is 1.66. The number of alkyl halides is 3. The van der Waals surface area contributed by atoms with E-state index in [0.717, 1.165) is 29.5 Å². The second-order valence-electron chi connectivity index (χ2n) is 14.0. The molecule has 13 nitrogen and oxygen atoms in total. The van der Waals surface area contributed by atoms with Crippen LogP contribution in [-0.4, -0.2) is 70.7 Å². The number of aromatic nitrogens is 4. The zero-order chi connectivity index (χ0) is 42.4. The van der Waals surface area contributed by atoms with Crippen molar-refractivity contribution in [1.29, 1.82) is 0 Å². The lowest BCUT2D eigenvalue weighted by Crippen LogP contribution is -2.40. The number of nitrogens with one attached hydrogen (secondary N) is 2. The van der Waals surface area contributed by atoms with Crippen LogP contribution in [0.1, 0.15) is 57.3 Å². The fourth-order valence-electron chi connectivity index (χ4n) is 7.10. The topological polar surface area (TPSA) is 141 Å². The highest BCUT2D eigenvalue weighted by molar-refractivity contribution is 6.04. The van der Waals surface area contributed by atoms with Gasteiger partial charge in [0.15, 0.2) is 5.82 Å².